The number of ketones is 1. The zero-order valence-corrected chi connectivity index (χ0v) is 32.2. The van der Waals surface area contributed by atoms with Gasteiger partial charge in [-0.05, 0) is 79.6 Å². The number of aromatic nitrogens is 1. The SMILES string of the molecule is C=C(/C=C/C(=C/C=C1/N(CCCS(=O)(=O)O)c2ccccc2C1(C)C)c1ccc(C(=O)NCCCCCC(C)=O)cn1)C(C)(C)c1ccccc1C. The Kier molecular flexibility index (Phi) is 13.3. The Balaban J connectivity index is 1.68. The second-order valence-corrected chi connectivity index (χ2v) is 16.2. The van der Waals surface area contributed by atoms with Crippen LogP contribution in [0.25, 0.3) is 5.57 Å². The monoisotopic (exact) mass is 723 g/mol. The molecule has 276 valence electrons. The summed E-state index contributed by atoms with van der Waals surface area (Å²) in [6.07, 6.45) is 13.0. The van der Waals surface area contributed by atoms with E-state index >= 15 is 0 Å². The molecule has 0 unspecified atom stereocenters. The van der Waals surface area contributed by atoms with Gasteiger partial charge in [0.2, 0.25) is 0 Å². The van der Waals surface area contributed by atoms with Crippen LogP contribution in [-0.2, 0) is 25.7 Å². The number of nitrogens with one attached hydrogen (secondary N) is 1. The van der Waals surface area contributed by atoms with Crippen LogP contribution in [0.15, 0.2) is 109 Å². The maximum atomic E-state index is 12.9. The van der Waals surface area contributed by atoms with E-state index in [0.717, 1.165) is 47.4 Å². The molecule has 1 aromatic heterocycles. The van der Waals surface area contributed by atoms with E-state index in [9.17, 15) is 22.6 Å². The van der Waals surface area contributed by atoms with Crippen molar-refractivity contribution in [2.24, 2.45) is 0 Å². The van der Waals surface area contributed by atoms with E-state index in [0.29, 0.717) is 30.8 Å². The molecule has 2 aromatic carbocycles. The number of rotatable bonds is 17. The largest absolute Gasteiger partial charge is 0.352 e. The number of carbonyl (C=O) groups excluding carboxylic acids is 2. The van der Waals surface area contributed by atoms with Crippen molar-refractivity contribution < 1.29 is 22.6 Å². The fourth-order valence-electron chi connectivity index (χ4n) is 6.71. The molecule has 3 aromatic rings. The van der Waals surface area contributed by atoms with Gasteiger partial charge in [0.05, 0.1) is 17.0 Å². The lowest BCUT2D eigenvalue weighted by atomic mass is 9.76. The fourth-order valence-corrected chi connectivity index (χ4v) is 7.20. The van der Waals surface area contributed by atoms with Crippen LogP contribution in [-0.4, -0.2) is 48.5 Å². The second kappa shape index (κ2) is 17.3. The third kappa shape index (κ3) is 10.3. The number of Topliss-reactive ketones (excluding diaryl/α,β-unsaturated/α-hetero) is 1. The Labute approximate surface area is 310 Å². The van der Waals surface area contributed by atoms with Gasteiger partial charge in [-0.2, -0.15) is 8.42 Å². The van der Waals surface area contributed by atoms with Crippen LogP contribution in [0.4, 0.5) is 5.69 Å². The van der Waals surface area contributed by atoms with E-state index in [-0.39, 0.29) is 29.3 Å². The van der Waals surface area contributed by atoms with Crippen molar-refractivity contribution in [1.82, 2.24) is 10.3 Å². The van der Waals surface area contributed by atoms with Crippen LogP contribution in [0.3, 0.4) is 0 Å². The Morgan fingerprint density at radius 3 is 2.37 bits per heavy atom. The molecule has 0 saturated carbocycles. The first-order chi connectivity index (χ1) is 24.5. The summed E-state index contributed by atoms with van der Waals surface area (Å²) >= 11 is 0. The van der Waals surface area contributed by atoms with Crippen LogP contribution < -0.4 is 10.2 Å². The van der Waals surface area contributed by atoms with Gasteiger partial charge in [0.1, 0.15) is 5.78 Å². The van der Waals surface area contributed by atoms with E-state index < -0.39 is 15.5 Å². The molecule has 4 rings (SSSR count). The molecule has 8 nitrogen and oxygen atoms in total. The minimum absolute atomic E-state index is 0.180. The molecule has 1 amide bonds. The minimum Gasteiger partial charge on any atom is -0.352 e. The number of amides is 1. The van der Waals surface area contributed by atoms with E-state index in [1.165, 1.54) is 11.1 Å². The van der Waals surface area contributed by atoms with Crippen LogP contribution in [0, 0.1) is 6.92 Å². The Morgan fingerprint density at radius 2 is 1.69 bits per heavy atom. The zero-order chi connectivity index (χ0) is 38.1. The van der Waals surface area contributed by atoms with Gasteiger partial charge >= 0.3 is 0 Å². The van der Waals surface area contributed by atoms with E-state index in [2.05, 4.69) is 75.7 Å². The van der Waals surface area contributed by atoms with Crippen molar-refractivity contribution >= 4 is 33.1 Å². The summed E-state index contributed by atoms with van der Waals surface area (Å²) in [7, 11) is -4.10. The number of hydrogen-bond acceptors (Lipinski definition) is 6. The molecular formula is C43H53N3O5S. The number of aryl methyl sites for hydroxylation is 1. The molecule has 0 atom stereocenters. The number of hydrogen-bond donors (Lipinski definition) is 2. The normalized spacial score (nSPS) is 15.2. The Hall–Kier alpha value is -4.60. The molecule has 1 aliphatic rings. The van der Waals surface area contributed by atoms with Gasteiger partial charge in [-0.25, -0.2) is 0 Å². The third-order valence-electron chi connectivity index (χ3n) is 9.90. The van der Waals surface area contributed by atoms with Gasteiger partial charge in [-0.3, -0.25) is 14.3 Å². The second-order valence-electron chi connectivity index (χ2n) is 14.6. The number of unbranched alkanes of at least 4 members (excludes halogenated alkanes) is 2. The number of fused-ring (bicyclic) bond motifs is 1. The summed E-state index contributed by atoms with van der Waals surface area (Å²) < 4.78 is 32.6. The number of anilines is 1. The van der Waals surface area contributed by atoms with Gasteiger partial charge in [0, 0.05) is 53.5 Å². The van der Waals surface area contributed by atoms with Crippen LogP contribution in [0.5, 0.6) is 0 Å². The number of allylic oxidation sites excluding steroid dienone is 7. The number of carbonyl (C=O) groups is 2. The van der Waals surface area contributed by atoms with Crippen molar-refractivity contribution in [3.63, 3.8) is 0 Å². The first-order valence-corrected chi connectivity index (χ1v) is 19.6. The highest BCUT2D eigenvalue weighted by Gasteiger charge is 2.39. The lowest BCUT2D eigenvalue weighted by Crippen LogP contribution is -2.28. The highest BCUT2D eigenvalue weighted by molar-refractivity contribution is 7.85. The lowest BCUT2D eigenvalue weighted by molar-refractivity contribution is -0.117. The lowest BCUT2D eigenvalue weighted by Gasteiger charge is -2.28. The fraction of sp³-hybridized carbons (Fsp3) is 0.372. The summed E-state index contributed by atoms with van der Waals surface area (Å²) in [5.41, 5.74) is 7.59. The Morgan fingerprint density at radius 1 is 0.981 bits per heavy atom. The van der Waals surface area contributed by atoms with E-state index in [1.54, 1.807) is 19.2 Å². The highest BCUT2D eigenvalue weighted by Crippen LogP contribution is 2.47. The molecule has 0 bridgehead atoms. The van der Waals surface area contributed by atoms with E-state index in [4.69, 9.17) is 4.98 Å². The van der Waals surface area contributed by atoms with Crippen molar-refractivity contribution in [3.05, 3.63) is 137 Å². The molecular weight excluding hydrogens is 671 g/mol. The van der Waals surface area contributed by atoms with Crippen molar-refractivity contribution in [2.75, 3.05) is 23.7 Å². The van der Waals surface area contributed by atoms with Crippen LogP contribution >= 0.6 is 0 Å². The molecule has 1 aliphatic heterocycles. The first kappa shape index (κ1) is 40.2. The molecule has 2 heterocycles. The molecule has 52 heavy (non-hydrogen) atoms. The smallest absolute Gasteiger partial charge is 0.264 e. The van der Waals surface area contributed by atoms with Crippen LogP contribution in [0.1, 0.15) is 99.5 Å². The number of pyridine rings is 1. The van der Waals surface area contributed by atoms with Gasteiger partial charge in [-0.1, -0.05) is 101 Å². The topological polar surface area (TPSA) is 117 Å². The number of benzene rings is 2. The van der Waals surface area contributed by atoms with Crippen molar-refractivity contribution in [2.45, 2.75) is 84.5 Å². The maximum Gasteiger partial charge on any atom is 0.264 e. The molecule has 9 heteroatoms. The molecule has 0 aliphatic carbocycles. The molecule has 0 radical (unpaired) electrons. The molecule has 0 spiro atoms. The summed E-state index contributed by atoms with van der Waals surface area (Å²) in [5, 5.41) is 2.95. The molecule has 0 fully saturated rings. The predicted molar refractivity (Wildman–Crippen MR) is 212 cm³/mol. The van der Waals surface area contributed by atoms with Gasteiger partial charge in [0.25, 0.3) is 16.0 Å². The standard InChI is InChI=1S/C43H53N3O5S/c1-31-16-10-11-18-36(31)42(4,5)32(2)21-22-34(38-25-23-35(30-45-38)41(48)44-27-14-8-9-17-33(3)47)24-26-40-43(6,7)37-19-12-13-20-39(37)46(40)28-15-29-52(49,50)51/h10-13,16,18-26,30H,2,8-9,14-15,17,27-29H2,1,3-7H3,(H,44,48)(H,49,50,51)/b22-21+,34-24-,40-26+. The third-order valence-corrected chi connectivity index (χ3v) is 10.7. The van der Waals surface area contributed by atoms with Crippen LogP contribution in [0.2, 0.25) is 0 Å². The van der Waals surface area contributed by atoms with Crippen molar-refractivity contribution in [3.8, 4) is 0 Å². The zero-order valence-electron chi connectivity index (χ0n) is 31.4. The summed E-state index contributed by atoms with van der Waals surface area (Å²) in [5.74, 6) is -0.349. The highest BCUT2D eigenvalue weighted by atomic mass is 32.2. The quantitative estimate of drug-likeness (QED) is 0.0813. The summed E-state index contributed by atoms with van der Waals surface area (Å²) in [6, 6.07) is 20.0. The van der Waals surface area contributed by atoms with Gasteiger partial charge in [0.15, 0.2) is 0 Å². The molecule has 2 N–H and O–H groups in total. The number of nitrogens with zero attached hydrogens (tertiary/aromatic N) is 2. The average Bonchev–Trinajstić information content (AvgIpc) is 3.30. The van der Waals surface area contributed by atoms with Gasteiger partial charge < -0.3 is 15.0 Å². The first-order valence-electron chi connectivity index (χ1n) is 17.9. The van der Waals surface area contributed by atoms with E-state index in [1.807, 2.05) is 54.6 Å². The Bertz CT molecular complexity index is 1970. The average molecular weight is 724 g/mol. The van der Waals surface area contributed by atoms with Crippen molar-refractivity contribution in [1.29, 1.82) is 0 Å². The predicted octanol–water partition coefficient (Wildman–Crippen LogP) is 8.70. The molecule has 0 saturated heterocycles. The summed E-state index contributed by atoms with van der Waals surface area (Å²) in [4.78, 5) is 30.9. The maximum absolute atomic E-state index is 12.9. The minimum atomic E-state index is -4.10. The van der Waals surface area contributed by atoms with Gasteiger partial charge in [-0.15, -0.1) is 0 Å². The summed E-state index contributed by atoms with van der Waals surface area (Å²) in [6.45, 7) is 17.7. The number of para-hydroxylation sites is 1.